The van der Waals surface area contributed by atoms with Gasteiger partial charge in [0.05, 0.1) is 12.1 Å². The van der Waals surface area contributed by atoms with Crippen molar-refractivity contribution in [2.24, 2.45) is 0 Å². The first-order chi connectivity index (χ1) is 16.8. The van der Waals surface area contributed by atoms with Gasteiger partial charge in [0.15, 0.2) is 5.58 Å². The third-order valence-corrected chi connectivity index (χ3v) is 6.12. The lowest BCUT2D eigenvalue weighted by atomic mass is 9.97. The summed E-state index contributed by atoms with van der Waals surface area (Å²) in [5.41, 5.74) is 2.02. The number of carboxylic acid groups (broad SMARTS) is 1. The number of piperazine rings is 1. The molecule has 180 valence electrons. The van der Waals surface area contributed by atoms with E-state index in [0.29, 0.717) is 42.8 Å². The maximum atomic E-state index is 13.9. The first kappa shape index (κ1) is 22.9. The predicted molar refractivity (Wildman–Crippen MR) is 126 cm³/mol. The average Bonchev–Trinajstić information content (AvgIpc) is 3.27. The van der Waals surface area contributed by atoms with Crippen LogP contribution in [0.4, 0.5) is 18.9 Å². The predicted octanol–water partition coefficient (Wildman–Crippen LogP) is 5.39. The number of carbonyl (C=O) groups is 1. The van der Waals surface area contributed by atoms with Crippen LogP contribution >= 0.6 is 0 Å². The number of hydrogen-bond acceptors (Lipinski definition) is 5. The second kappa shape index (κ2) is 9.07. The van der Waals surface area contributed by atoms with Crippen LogP contribution in [-0.2, 0) is 11.0 Å². The molecule has 1 aromatic heterocycles. The van der Waals surface area contributed by atoms with Crippen LogP contribution < -0.4 is 4.90 Å². The van der Waals surface area contributed by atoms with Crippen LogP contribution in [0.25, 0.3) is 33.7 Å². The lowest BCUT2D eigenvalue weighted by Crippen LogP contribution is -2.47. The van der Waals surface area contributed by atoms with Crippen LogP contribution in [0.5, 0.6) is 0 Å². The second-order valence-corrected chi connectivity index (χ2v) is 8.45. The molecule has 5 rings (SSSR count). The number of anilines is 1. The number of fused-ring (bicyclic) bond motifs is 1. The van der Waals surface area contributed by atoms with Crippen molar-refractivity contribution in [3.63, 3.8) is 0 Å². The molecule has 0 aliphatic carbocycles. The largest absolute Gasteiger partial charge is 0.480 e. The van der Waals surface area contributed by atoms with Crippen LogP contribution in [0.15, 0.2) is 71.1 Å². The standard InChI is InChI=1S/C26H22F3N3O3/c27-26(28,29)21-14-18(6-8-20(21)17-4-2-1-3-5-17)25-30-22-15-19(7-9-23(22)35-25)32-12-10-31(11-13-32)16-24(33)34/h1-9,14-15H,10-13,16H2,(H,33,34). The molecule has 1 fully saturated rings. The number of oxazole rings is 1. The highest BCUT2D eigenvalue weighted by molar-refractivity contribution is 5.81. The molecule has 2 heterocycles. The molecular formula is C26H22F3N3O3. The number of nitrogens with zero attached hydrogens (tertiary/aromatic N) is 3. The smallest absolute Gasteiger partial charge is 0.417 e. The Balaban J connectivity index is 1.43. The summed E-state index contributed by atoms with van der Waals surface area (Å²) in [5.74, 6) is -0.728. The van der Waals surface area contributed by atoms with E-state index >= 15 is 0 Å². The molecular weight excluding hydrogens is 459 g/mol. The van der Waals surface area contributed by atoms with Crippen molar-refractivity contribution >= 4 is 22.8 Å². The topological polar surface area (TPSA) is 69.8 Å². The summed E-state index contributed by atoms with van der Waals surface area (Å²) in [6, 6.07) is 18.1. The van der Waals surface area contributed by atoms with Crippen molar-refractivity contribution in [3.8, 4) is 22.6 Å². The molecule has 4 aromatic rings. The Bertz CT molecular complexity index is 1360. The Kier molecular flexibility index (Phi) is 5.94. The van der Waals surface area contributed by atoms with Crippen LogP contribution in [0, 0.1) is 0 Å². The fourth-order valence-corrected chi connectivity index (χ4v) is 4.37. The zero-order valence-electron chi connectivity index (χ0n) is 18.6. The molecule has 1 aliphatic rings. The van der Waals surface area contributed by atoms with E-state index in [1.54, 1.807) is 42.5 Å². The first-order valence-corrected chi connectivity index (χ1v) is 11.1. The summed E-state index contributed by atoms with van der Waals surface area (Å²) in [4.78, 5) is 19.4. The number of benzene rings is 3. The van der Waals surface area contributed by atoms with Crippen molar-refractivity contribution < 1.29 is 27.5 Å². The SMILES string of the molecule is O=C(O)CN1CCN(c2ccc3oc(-c4ccc(-c5ccccc5)c(C(F)(F)F)c4)nc3c2)CC1. The minimum atomic E-state index is -4.54. The van der Waals surface area contributed by atoms with Gasteiger partial charge in [0.25, 0.3) is 0 Å². The Morgan fingerprint density at radius 2 is 1.69 bits per heavy atom. The summed E-state index contributed by atoms with van der Waals surface area (Å²) in [6.45, 7) is 2.60. The van der Waals surface area contributed by atoms with E-state index in [1.165, 1.54) is 6.07 Å². The van der Waals surface area contributed by atoms with Crippen molar-refractivity contribution in [2.45, 2.75) is 6.18 Å². The normalized spacial score (nSPS) is 15.0. The molecule has 0 unspecified atom stereocenters. The van der Waals surface area contributed by atoms with Crippen LogP contribution in [0.3, 0.4) is 0 Å². The van der Waals surface area contributed by atoms with E-state index < -0.39 is 17.7 Å². The number of halogens is 3. The maximum absolute atomic E-state index is 13.9. The monoisotopic (exact) mass is 481 g/mol. The number of aromatic nitrogens is 1. The molecule has 0 saturated carbocycles. The Morgan fingerprint density at radius 3 is 2.37 bits per heavy atom. The van der Waals surface area contributed by atoms with Gasteiger partial charge in [0, 0.05) is 37.4 Å². The van der Waals surface area contributed by atoms with Crippen LogP contribution in [0.2, 0.25) is 0 Å². The molecule has 0 amide bonds. The highest BCUT2D eigenvalue weighted by Crippen LogP contribution is 2.40. The molecule has 0 bridgehead atoms. The van der Waals surface area contributed by atoms with E-state index in [0.717, 1.165) is 11.8 Å². The van der Waals surface area contributed by atoms with Gasteiger partial charge >= 0.3 is 12.1 Å². The van der Waals surface area contributed by atoms with Gasteiger partial charge in [-0.2, -0.15) is 13.2 Å². The first-order valence-electron chi connectivity index (χ1n) is 11.1. The van der Waals surface area contributed by atoms with Gasteiger partial charge in [0.2, 0.25) is 5.89 Å². The number of hydrogen-bond donors (Lipinski definition) is 1. The van der Waals surface area contributed by atoms with Gasteiger partial charge in [-0.3, -0.25) is 9.69 Å². The van der Waals surface area contributed by atoms with E-state index in [4.69, 9.17) is 9.52 Å². The molecule has 0 spiro atoms. The van der Waals surface area contributed by atoms with Gasteiger partial charge in [-0.25, -0.2) is 4.98 Å². The summed E-state index contributed by atoms with van der Waals surface area (Å²) in [7, 11) is 0. The third-order valence-electron chi connectivity index (χ3n) is 6.12. The number of rotatable bonds is 5. The second-order valence-electron chi connectivity index (χ2n) is 8.45. The van der Waals surface area contributed by atoms with Crippen molar-refractivity contribution in [1.29, 1.82) is 0 Å². The number of alkyl halides is 3. The van der Waals surface area contributed by atoms with E-state index in [1.807, 2.05) is 17.0 Å². The quantitative estimate of drug-likeness (QED) is 0.412. The Labute approximate surface area is 199 Å². The lowest BCUT2D eigenvalue weighted by molar-refractivity contribution is -0.138. The molecule has 1 aliphatic heterocycles. The molecule has 3 aromatic carbocycles. The van der Waals surface area contributed by atoms with Gasteiger partial charge in [-0.1, -0.05) is 36.4 Å². The van der Waals surface area contributed by atoms with Crippen LogP contribution in [-0.4, -0.2) is 53.7 Å². The Morgan fingerprint density at radius 1 is 0.943 bits per heavy atom. The molecule has 1 N–H and O–H groups in total. The summed E-state index contributed by atoms with van der Waals surface area (Å²) >= 11 is 0. The summed E-state index contributed by atoms with van der Waals surface area (Å²) < 4.78 is 47.5. The fourth-order valence-electron chi connectivity index (χ4n) is 4.37. The molecule has 0 atom stereocenters. The maximum Gasteiger partial charge on any atom is 0.417 e. The van der Waals surface area contributed by atoms with Crippen molar-refractivity contribution in [3.05, 3.63) is 72.3 Å². The van der Waals surface area contributed by atoms with E-state index in [-0.39, 0.29) is 23.6 Å². The number of carboxylic acids is 1. The minimum absolute atomic E-state index is 0.0164. The Hall–Kier alpha value is -3.85. The lowest BCUT2D eigenvalue weighted by Gasteiger charge is -2.35. The van der Waals surface area contributed by atoms with Gasteiger partial charge < -0.3 is 14.4 Å². The van der Waals surface area contributed by atoms with Gasteiger partial charge in [0.1, 0.15) is 5.52 Å². The zero-order chi connectivity index (χ0) is 24.6. The third kappa shape index (κ3) is 4.85. The van der Waals surface area contributed by atoms with Crippen molar-refractivity contribution in [1.82, 2.24) is 9.88 Å². The zero-order valence-corrected chi connectivity index (χ0v) is 18.6. The van der Waals surface area contributed by atoms with Gasteiger partial charge in [-0.15, -0.1) is 0 Å². The van der Waals surface area contributed by atoms with Gasteiger partial charge in [-0.05, 0) is 41.5 Å². The molecule has 6 nitrogen and oxygen atoms in total. The van der Waals surface area contributed by atoms with Crippen LogP contribution in [0.1, 0.15) is 5.56 Å². The van der Waals surface area contributed by atoms with Crippen molar-refractivity contribution in [2.75, 3.05) is 37.6 Å². The average molecular weight is 481 g/mol. The molecule has 9 heteroatoms. The minimum Gasteiger partial charge on any atom is -0.480 e. The van der Waals surface area contributed by atoms with E-state index in [2.05, 4.69) is 9.88 Å². The summed E-state index contributed by atoms with van der Waals surface area (Å²) in [6.07, 6.45) is -4.54. The fraction of sp³-hybridized carbons (Fsp3) is 0.231. The molecule has 1 saturated heterocycles. The molecule has 0 radical (unpaired) electrons. The molecule has 35 heavy (non-hydrogen) atoms. The number of aliphatic carboxylic acids is 1. The highest BCUT2D eigenvalue weighted by atomic mass is 19.4. The highest BCUT2D eigenvalue weighted by Gasteiger charge is 2.34. The van der Waals surface area contributed by atoms with E-state index in [9.17, 15) is 18.0 Å². The summed E-state index contributed by atoms with van der Waals surface area (Å²) in [5, 5.41) is 8.96.